The molecule has 1 saturated heterocycles. The van der Waals surface area contributed by atoms with E-state index in [1.54, 1.807) is 13.4 Å². The van der Waals surface area contributed by atoms with Gasteiger partial charge in [-0.2, -0.15) is 0 Å². The molecule has 140 valence electrons. The first-order chi connectivity index (χ1) is 13.2. The standard InChI is InChI=1S/C21H21BrN2O3/c1-25-19-8-4-16(5-9-19)21-23-18(14-27-21)12-24-10-11-26-20(13-24)15-2-6-17(22)7-3-15/h2-9,14,20H,10-13H2,1H3. The van der Waals surface area contributed by atoms with Crippen molar-refractivity contribution < 1.29 is 13.9 Å². The second-order valence-electron chi connectivity index (χ2n) is 6.52. The van der Waals surface area contributed by atoms with Gasteiger partial charge in [0.2, 0.25) is 5.89 Å². The molecule has 4 rings (SSSR count). The van der Waals surface area contributed by atoms with Crippen LogP contribution in [0, 0.1) is 0 Å². The molecule has 6 heteroatoms. The monoisotopic (exact) mass is 428 g/mol. The normalized spacial score (nSPS) is 17.8. The molecule has 1 atom stereocenters. The number of hydrogen-bond donors (Lipinski definition) is 0. The number of benzene rings is 2. The lowest BCUT2D eigenvalue weighted by Gasteiger charge is -2.32. The summed E-state index contributed by atoms with van der Waals surface area (Å²) in [7, 11) is 1.65. The molecule has 2 heterocycles. The van der Waals surface area contributed by atoms with Gasteiger partial charge in [-0.1, -0.05) is 28.1 Å². The predicted molar refractivity (Wildman–Crippen MR) is 107 cm³/mol. The van der Waals surface area contributed by atoms with Crippen molar-refractivity contribution >= 4 is 15.9 Å². The summed E-state index contributed by atoms with van der Waals surface area (Å²) in [6.45, 7) is 3.18. The number of halogens is 1. The number of methoxy groups -OCH3 is 1. The molecule has 5 nitrogen and oxygen atoms in total. The third kappa shape index (κ3) is 4.40. The van der Waals surface area contributed by atoms with E-state index in [4.69, 9.17) is 13.9 Å². The second-order valence-corrected chi connectivity index (χ2v) is 7.43. The maximum atomic E-state index is 5.96. The number of oxazole rings is 1. The molecule has 0 bridgehead atoms. The van der Waals surface area contributed by atoms with E-state index in [-0.39, 0.29) is 6.10 Å². The molecule has 0 radical (unpaired) electrons. The van der Waals surface area contributed by atoms with E-state index in [9.17, 15) is 0 Å². The largest absolute Gasteiger partial charge is 0.497 e. The van der Waals surface area contributed by atoms with Crippen molar-refractivity contribution in [2.45, 2.75) is 12.6 Å². The zero-order chi connectivity index (χ0) is 18.6. The van der Waals surface area contributed by atoms with E-state index in [2.05, 4.69) is 50.1 Å². The van der Waals surface area contributed by atoms with Crippen molar-refractivity contribution in [3.63, 3.8) is 0 Å². The van der Waals surface area contributed by atoms with Crippen LogP contribution in [0.4, 0.5) is 0 Å². The van der Waals surface area contributed by atoms with Crippen molar-refractivity contribution in [1.82, 2.24) is 9.88 Å². The van der Waals surface area contributed by atoms with Gasteiger partial charge in [0.05, 0.1) is 25.5 Å². The third-order valence-electron chi connectivity index (χ3n) is 4.67. The van der Waals surface area contributed by atoms with E-state index in [0.717, 1.165) is 41.1 Å². The van der Waals surface area contributed by atoms with E-state index < -0.39 is 0 Å². The van der Waals surface area contributed by atoms with Crippen molar-refractivity contribution in [2.75, 3.05) is 26.8 Å². The highest BCUT2D eigenvalue weighted by Crippen LogP contribution is 2.26. The minimum absolute atomic E-state index is 0.0832. The fraction of sp³-hybridized carbons (Fsp3) is 0.286. The highest BCUT2D eigenvalue weighted by atomic mass is 79.9. The van der Waals surface area contributed by atoms with Crippen LogP contribution in [-0.2, 0) is 11.3 Å². The molecule has 0 saturated carbocycles. The number of rotatable bonds is 5. The Hall–Kier alpha value is -2.15. The molecule has 1 aliphatic heterocycles. The van der Waals surface area contributed by atoms with Crippen LogP contribution in [0.25, 0.3) is 11.5 Å². The van der Waals surface area contributed by atoms with E-state index in [1.807, 2.05) is 24.3 Å². The molecule has 3 aromatic rings. The molecule has 1 fully saturated rings. The quantitative estimate of drug-likeness (QED) is 0.589. The number of aromatic nitrogens is 1. The molecular formula is C21H21BrN2O3. The van der Waals surface area contributed by atoms with Gasteiger partial charge in [0.15, 0.2) is 0 Å². The third-order valence-corrected chi connectivity index (χ3v) is 5.20. The minimum atomic E-state index is 0.0832. The Labute approximate surface area is 167 Å². The molecule has 27 heavy (non-hydrogen) atoms. The summed E-state index contributed by atoms with van der Waals surface area (Å²) in [4.78, 5) is 7.00. The predicted octanol–water partition coefficient (Wildman–Crippen LogP) is 4.69. The zero-order valence-corrected chi connectivity index (χ0v) is 16.7. The van der Waals surface area contributed by atoms with Crippen molar-refractivity contribution in [1.29, 1.82) is 0 Å². The van der Waals surface area contributed by atoms with Gasteiger partial charge in [0.1, 0.15) is 12.0 Å². The molecule has 0 amide bonds. The van der Waals surface area contributed by atoms with Gasteiger partial charge in [-0.25, -0.2) is 4.98 Å². The lowest BCUT2D eigenvalue weighted by atomic mass is 10.1. The number of morpholine rings is 1. The Bertz CT molecular complexity index is 877. The minimum Gasteiger partial charge on any atom is -0.497 e. The molecule has 1 unspecified atom stereocenters. The van der Waals surface area contributed by atoms with Crippen LogP contribution in [0.15, 0.2) is 63.7 Å². The first-order valence-electron chi connectivity index (χ1n) is 8.89. The smallest absolute Gasteiger partial charge is 0.226 e. The molecule has 0 spiro atoms. The average Bonchev–Trinajstić information content (AvgIpc) is 3.17. The highest BCUT2D eigenvalue weighted by molar-refractivity contribution is 9.10. The first-order valence-corrected chi connectivity index (χ1v) is 9.69. The van der Waals surface area contributed by atoms with Crippen LogP contribution in [0.3, 0.4) is 0 Å². The number of nitrogens with zero attached hydrogens (tertiary/aromatic N) is 2. The summed E-state index contributed by atoms with van der Waals surface area (Å²) in [5.74, 6) is 1.45. The fourth-order valence-electron chi connectivity index (χ4n) is 3.20. The lowest BCUT2D eigenvalue weighted by molar-refractivity contribution is -0.0333. The Morgan fingerprint density at radius 3 is 2.67 bits per heavy atom. The zero-order valence-electron chi connectivity index (χ0n) is 15.1. The molecule has 1 aromatic heterocycles. The number of hydrogen-bond acceptors (Lipinski definition) is 5. The Balaban J connectivity index is 1.41. The summed E-state index contributed by atoms with van der Waals surface area (Å²) >= 11 is 3.48. The van der Waals surface area contributed by atoms with E-state index in [1.165, 1.54) is 5.56 Å². The summed E-state index contributed by atoms with van der Waals surface area (Å²) in [5.41, 5.74) is 3.07. The van der Waals surface area contributed by atoms with Gasteiger partial charge in [0.25, 0.3) is 0 Å². The molecule has 2 aromatic carbocycles. The summed E-state index contributed by atoms with van der Waals surface area (Å²) in [6.07, 6.45) is 1.82. The van der Waals surface area contributed by atoms with Gasteiger partial charge < -0.3 is 13.9 Å². The van der Waals surface area contributed by atoms with Gasteiger partial charge >= 0.3 is 0 Å². The Morgan fingerprint density at radius 2 is 1.93 bits per heavy atom. The van der Waals surface area contributed by atoms with Crippen molar-refractivity contribution in [2.24, 2.45) is 0 Å². The van der Waals surface area contributed by atoms with Crippen LogP contribution in [0.1, 0.15) is 17.4 Å². The number of ether oxygens (including phenoxy) is 2. The summed E-state index contributed by atoms with van der Waals surface area (Å²) in [5, 5.41) is 0. The van der Waals surface area contributed by atoms with Gasteiger partial charge in [-0.05, 0) is 42.0 Å². The molecule has 0 N–H and O–H groups in total. The van der Waals surface area contributed by atoms with Crippen LogP contribution >= 0.6 is 15.9 Å². The van der Waals surface area contributed by atoms with Crippen molar-refractivity contribution in [3.8, 4) is 17.2 Å². The van der Waals surface area contributed by atoms with E-state index >= 15 is 0 Å². The lowest BCUT2D eigenvalue weighted by Crippen LogP contribution is -2.37. The maximum Gasteiger partial charge on any atom is 0.226 e. The van der Waals surface area contributed by atoms with Crippen LogP contribution < -0.4 is 4.74 Å². The van der Waals surface area contributed by atoms with Gasteiger partial charge in [-0.15, -0.1) is 0 Å². The second kappa shape index (κ2) is 8.25. The van der Waals surface area contributed by atoms with Crippen LogP contribution in [0.5, 0.6) is 5.75 Å². The van der Waals surface area contributed by atoms with Crippen LogP contribution in [-0.4, -0.2) is 36.7 Å². The average molecular weight is 429 g/mol. The maximum absolute atomic E-state index is 5.96. The van der Waals surface area contributed by atoms with E-state index in [0.29, 0.717) is 12.5 Å². The van der Waals surface area contributed by atoms with Crippen LogP contribution in [0.2, 0.25) is 0 Å². The Morgan fingerprint density at radius 1 is 1.15 bits per heavy atom. The molecular weight excluding hydrogens is 408 g/mol. The van der Waals surface area contributed by atoms with Gasteiger partial charge in [-0.3, -0.25) is 4.90 Å². The Kier molecular flexibility index (Phi) is 5.57. The van der Waals surface area contributed by atoms with Gasteiger partial charge in [0, 0.05) is 29.7 Å². The SMILES string of the molecule is COc1ccc(-c2nc(CN3CCOC(c4ccc(Br)cc4)C3)co2)cc1. The first kappa shape index (κ1) is 18.2. The molecule has 0 aliphatic carbocycles. The summed E-state index contributed by atoms with van der Waals surface area (Å²) < 4.78 is 17.9. The topological polar surface area (TPSA) is 47.7 Å². The van der Waals surface area contributed by atoms with Crippen molar-refractivity contribution in [3.05, 3.63) is 70.5 Å². The highest BCUT2D eigenvalue weighted by Gasteiger charge is 2.23. The fourth-order valence-corrected chi connectivity index (χ4v) is 3.46. The molecule has 1 aliphatic rings. The summed E-state index contributed by atoms with van der Waals surface area (Å²) in [6, 6.07) is 16.0.